The molecule has 41 N–H and O–H groups in total. The first-order valence-electron chi connectivity index (χ1n) is 44.5. The summed E-state index contributed by atoms with van der Waals surface area (Å²) in [5.41, 5.74) is 75.7. The summed E-state index contributed by atoms with van der Waals surface area (Å²) < 4.78 is 0. The third kappa shape index (κ3) is 72.6. The molecule has 0 aliphatic rings. The minimum Gasteiger partial charge on any atom is -0.387 e. The number of hydrogen-bond donors (Lipinski definition) is 28. The predicted molar refractivity (Wildman–Crippen MR) is 504 cm³/mol. The van der Waals surface area contributed by atoms with Crippen LogP contribution >= 0.6 is 21.6 Å². The lowest BCUT2D eigenvalue weighted by atomic mass is 10.1. The van der Waals surface area contributed by atoms with Gasteiger partial charge in [-0.15, -0.1) is 0 Å². The Labute approximate surface area is 730 Å². The molecule has 0 heterocycles. The number of nitrogens with two attached hydrogens (primary N) is 13. The van der Waals surface area contributed by atoms with Crippen LogP contribution in [0.5, 0.6) is 0 Å². The Hall–Kier alpha value is -4.70. The van der Waals surface area contributed by atoms with Crippen molar-refractivity contribution >= 4 is 68.7 Å². The van der Waals surface area contributed by atoms with Crippen LogP contribution in [0.4, 0.5) is 0 Å². The van der Waals surface area contributed by atoms with Gasteiger partial charge in [-0.05, 0) is 170 Å². The maximum Gasteiger partial charge on any atom is 0.237 e. The zero-order chi connectivity index (χ0) is 88.7. The van der Waals surface area contributed by atoms with Crippen molar-refractivity contribution in [2.45, 2.75) is 152 Å². The Morgan fingerprint density at radius 2 is 0.700 bits per heavy atom. The van der Waals surface area contributed by atoms with Gasteiger partial charge in [-0.3, -0.25) is 59.5 Å². The van der Waals surface area contributed by atoms with Gasteiger partial charge in [0.15, 0.2) is 11.9 Å². The van der Waals surface area contributed by atoms with Crippen LogP contribution < -0.4 is 149 Å². The summed E-state index contributed by atoms with van der Waals surface area (Å²) in [7, 11) is 11.2. The molecule has 0 aliphatic carbocycles. The summed E-state index contributed by atoms with van der Waals surface area (Å²) in [4.78, 5) is 78.9. The molecule has 0 aromatic heterocycles. The van der Waals surface area contributed by atoms with Crippen molar-refractivity contribution in [3.05, 3.63) is 0 Å². The van der Waals surface area contributed by atoms with Gasteiger partial charge in [0, 0.05) is 227 Å². The highest BCUT2D eigenvalue weighted by Crippen LogP contribution is 2.24. The van der Waals surface area contributed by atoms with Crippen molar-refractivity contribution in [2.24, 2.45) is 89.5 Å². The van der Waals surface area contributed by atoms with Gasteiger partial charge >= 0.3 is 0 Å². The van der Waals surface area contributed by atoms with E-state index in [1.54, 1.807) is 14.1 Å². The summed E-state index contributed by atoms with van der Waals surface area (Å²) in [6.45, 7) is 29.3. The average molecular weight is 1750 g/mol. The van der Waals surface area contributed by atoms with Crippen molar-refractivity contribution in [2.75, 3.05) is 295 Å². The number of nitrogens with one attached hydrogen (secondary N) is 15. The number of rotatable bonds is 90. The quantitative estimate of drug-likeness (QED) is 0.00884. The summed E-state index contributed by atoms with van der Waals surface area (Å²) in [6.07, 6.45) is 13.4. The highest BCUT2D eigenvalue weighted by Gasteiger charge is 2.21. The maximum atomic E-state index is 13.0. The second kappa shape index (κ2) is 82.6. The number of aliphatic imine (C=N–C) groups is 3. The van der Waals surface area contributed by atoms with E-state index in [0.717, 1.165) is 245 Å². The molecule has 0 aromatic rings. The first kappa shape index (κ1) is 115. The minimum absolute atomic E-state index is 0.0186. The Balaban J connectivity index is 5.38. The van der Waals surface area contributed by atoms with Crippen LogP contribution in [0.15, 0.2) is 15.0 Å². The average Bonchev–Trinajstić information content (AvgIpc) is 0.885. The molecule has 0 saturated heterocycles. The van der Waals surface area contributed by atoms with Crippen LogP contribution in [0.3, 0.4) is 0 Å². The molecular weight excluding hydrogens is 1570 g/mol. The summed E-state index contributed by atoms with van der Waals surface area (Å²) in [5.74, 6) is 2.16. The van der Waals surface area contributed by atoms with Gasteiger partial charge in [-0.2, -0.15) is 0 Å². The molecule has 0 spiro atoms. The third-order valence-electron chi connectivity index (χ3n) is 20.1. The van der Waals surface area contributed by atoms with Crippen molar-refractivity contribution < 1.29 is 19.2 Å². The van der Waals surface area contributed by atoms with E-state index in [1.807, 2.05) is 35.7 Å². The van der Waals surface area contributed by atoms with Crippen LogP contribution in [0.1, 0.15) is 116 Å². The zero-order valence-corrected chi connectivity index (χ0v) is 76.3. The van der Waals surface area contributed by atoms with Crippen LogP contribution in [-0.2, 0) is 19.2 Å². The van der Waals surface area contributed by atoms with Crippen molar-refractivity contribution in [1.82, 2.24) is 104 Å². The molecule has 4 unspecified atom stereocenters. The summed E-state index contributed by atoms with van der Waals surface area (Å²) >= 11 is 0. The number of amidine groups is 1. The Kier molecular flexibility index (Phi) is 79.3. The van der Waals surface area contributed by atoms with Crippen molar-refractivity contribution in [3.63, 3.8) is 0 Å². The van der Waals surface area contributed by atoms with E-state index in [9.17, 15) is 19.2 Å². The molecule has 0 rings (SSSR count). The fraction of sp³-hybridized carbons (Fsp3) is 0.896. The molecule has 0 aromatic carbocycles. The van der Waals surface area contributed by atoms with Gasteiger partial charge in [0.1, 0.15) is 12.6 Å². The lowest BCUT2D eigenvalue weighted by Crippen LogP contribution is -2.49. The predicted octanol–water partition coefficient (Wildman–Crippen LogP) is -8.28. The fourth-order valence-electron chi connectivity index (χ4n) is 12.9. The highest BCUT2D eigenvalue weighted by molar-refractivity contribution is 8.76. The number of carbonyl (C=O) groups is 4. The lowest BCUT2D eigenvalue weighted by molar-refractivity contribution is -0.123. The number of guanidine groups is 2. The Morgan fingerprint density at radius 1 is 0.333 bits per heavy atom. The summed E-state index contributed by atoms with van der Waals surface area (Å²) in [6, 6.07) is -1.97. The Morgan fingerprint density at radius 3 is 1.10 bits per heavy atom. The van der Waals surface area contributed by atoms with Crippen molar-refractivity contribution in [1.29, 1.82) is 5.41 Å². The second-order valence-corrected chi connectivity index (χ2v) is 33.1. The normalized spacial score (nSPS) is 13.1. The zero-order valence-electron chi connectivity index (χ0n) is 74.7. The SMILES string of the molecule is CNCCN(CCNCCN)CCN(CCCCCN(CCN=C(N)CCCSSCCCC(=N)CCCNCCN(CCNC)CCN(CCCCCN(CCN)CCNC(=O)C(N)CCCN=C(N)N)CCNCCNC(=O)C(CCNC(N)N)NC)CCNC(=O)C(N)CCCN=C(N)N)CCNCCNC(=O)C(CCNC(N)N)NC. The number of carbonyl (C=O) groups excluding carboxylic acids is 4. The van der Waals surface area contributed by atoms with E-state index in [1.165, 1.54) is 0 Å². The number of amides is 4. The largest absolute Gasteiger partial charge is 0.387 e. The van der Waals surface area contributed by atoms with Gasteiger partial charge in [0.25, 0.3) is 0 Å². The molecule has 706 valence electrons. The fourth-order valence-corrected chi connectivity index (χ4v) is 15.1. The van der Waals surface area contributed by atoms with Gasteiger partial charge < -0.3 is 158 Å². The molecular formula is C77H177N37O4S2. The van der Waals surface area contributed by atoms with Crippen molar-refractivity contribution in [3.8, 4) is 0 Å². The number of unbranched alkanes of at least 4 members (excludes halogenated alkanes) is 4. The van der Waals surface area contributed by atoms with Gasteiger partial charge in [-0.1, -0.05) is 34.4 Å². The molecule has 43 heteroatoms. The number of hydrogen-bond acceptors (Lipinski definition) is 34. The molecule has 0 saturated carbocycles. The van der Waals surface area contributed by atoms with Gasteiger partial charge in [0.2, 0.25) is 23.6 Å². The monoisotopic (exact) mass is 1750 g/mol. The molecule has 0 bridgehead atoms. The van der Waals surface area contributed by atoms with Crippen LogP contribution in [0.25, 0.3) is 0 Å². The molecule has 4 atom stereocenters. The first-order valence-corrected chi connectivity index (χ1v) is 47.0. The Bertz CT molecular complexity index is 2520. The van der Waals surface area contributed by atoms with E-state index >= 15 is 0 Å². The van der Waals surface area contributed by atoms with Crippen LogP contribution in [0.2, 0.25) is 0 Å². The van der Waals surface area contributed by atoms with E-state index in [2.05, 4.69) is 114 Å². The van der Waals surface area contributed by atoms with Crippen LogP contribution in [-0.4, -0.2) is 408 Å². The molecule has 4 amide bonds. The van der Waals surface area contributed by atoms with E-state index in [-0.39, 0.29) is 47.6 Å². The van der Waals surface area contributed by atoms with Crippen LogP contribution in [0, 0.1) is 5.41 Å². The second-order valence-electron chi connectivity index (χ2n) is 30.4. The van der Waals surface area contributed by atoms with E-state index < -0.39 is 24.7 Å². The molecule has 41 nitrogen and oxygen atoms in total. The van der Waals surface area contributed by atoms with E-state index in [0.29, 0.717) is 149 Å². The molecule has 0 aliphatic heterocycles. The molecule has 0 fully saturated rings. The summed E-state index contributed by atoms with van der Waals surface area (Å²) in [5, 5.41) is 53.7. The maximum absolute atomic E-state index is 13.0. The molecule has 0 radical (unpaired) electrons. The highest BCUT2D eigenvalue weighted by atomic mass is 33.1. The molecule has 120 heavy (non-hydrogen) atoms. The third-order valence-corrected chi connectivity index (χ3v) is 22.7. The van der Waals surface area contributed by atoms with Gasteiger partial charge in [0.05, 0.1) is 36.5 Å². The van der Waals surface area contributed by atoms with Gasteiger partial charge in [-0.25, -0.2) is 0 Å². The lowest BCUT2D eigenvalue weighted by Gasteiger charge is -2.28. The van der Waals surface area contributed by atoms with E-state index in [4.69, 9.17) is 84.9 Å². The smallest absolute Gasteiger partial charge is 0.237 e. The number of likely N-dealkylation sites (N-methyl/N-ethyl adjacent to an activating group) is 4. The topological polar surface area (TPSA) is 655 Å². The standard InChI is InChI=1S/C77H177N37O4S2/c1-92-35-49-113(60-58-111(51-39-98-31-33-101-72(117)67(94-3)21-28-107-76(88)89)46-9-5-7-44-109(48-24-79)56-42-103-70(115)65(81)18-12-26-105-74(84)85)53-37-96-25-11-16-64(80)17-14-62-119-120-63-15-20-69(83)100-41-55-110(57-43-104-71(116)66(82)19-13-27-106-75(86)87)45-8-6-10-47-112(59-61-114(50-36-93-2)54-38-97-30-23-78)52-40-99-32-34-102-73(118)68(95-4)22-29-108-77(90)91/h65-68,76-77,80,92-99,107-108H,5-63,78-79,81-82,88-91H2,1-4H3,(H2,83,100)(H,101,117)(H,102,118)(H,103,115)(H,104,116)(H4,84,85,105)(H4,86,87,106). The number of nitrogens with zero attached hydrogens (tertiary/aromatic N) is 9. The first-order chi connectivity index (χ1) is 58.0. The minimum atomic E-state index is -0.655.